The molecule has 0 aliphatic rings. The summed E-state index contributed by atoms with van der Waals surface area (Å²) in [5.41, 5.74) is 1.81. The summed E-state index contributed by atoms with van der Waals surface area (Å²) in [6.45, 7) is 3.80. The lowest BCUT2D eigenvalue weighted by molar-refractivity contribution is -0.142. The highest BCUT2D eigenvalue weighted by atomic mass is 31.2. The average Bonchev–Trinajstić information content (AvgIpc) is 3.14. The molecule has 0 saturated heterocycles. The van der Waals surface area contributed by atoms with Crippen LogP contribution >= 0.6 is 7.67 Å². The average molecular weight is 454 g/mol. The Hall–Kier alpha value is -2.39. The molecule has 1 aromatic heterocycles. The van der Waals surface area contributed by atoms with Crippen LogP contribution in [0.25, 0.3) is 10.9 Å². The maximum absolute atomic E-state index is 13.7. The number of hydrogen-bond donors (Lipinski definition) is 3. The summed E-state index contributed by atoms with van der Waals surface area (Å²) in [4.78, 5) is 29.1. The summed E-state index contributed by atoms with van der Waals surface area (Å²) in [5, 5.41) is 6.08. The van der Waals surface area contributed by atoms with E-state index in [-0.39, 0.29) is 0 Å². The summed E-state index contributed by atoms with van der Waals surface area (Å²) in [6, 6.07) is 3.44. The van der Waals surface area contributed by atoms with Gasteiger partial charge in [-0.1, -0.05) is 6.07 Å². The third kappa shape index (κ3) is 6.54. The fraction of sp³-hybridized carbons (Fsp3) is 0.500. The molecule has 0 saturated carbocycles. The third-order valence-electron chi connectivity index (χ3n) is 4.64. The summed E-state index contributed by atoms with van der Waals surface area (Å²) in [6.07, 6.45) is 2.64. The molecule has 0 aliphatic heterocycles. The lowest BCUT2D eigenvalue weighted by Gasteiger charge is -2.26. The van der Waals surface area contributed by atoms with Gasteiger partial charge < -0.3 is 23.9 Å². The minimum atomic E-state index is -3.95. The Balaban J connectivity index is 2.42. The van der Waals surface area contributed by atoms with E-state index in [2.05, 4.69) is 20.1 Å². The van der Waals surface area contributed by atoms with E-state index >= 15 is 0 Å². The number of nitrogens with one attached hydrogen (secondary N) is 3. The number of hydrogen-bond acceptors (Lipinski definition) is 7. The van der Waals surface area contributed by atoms with Gasteiger partial charge in [-0.15, -0.1) is 0 Å². The SMILES string of the molecule is COC(=O)[C@H](C)NP(=O)(N[C@H](C)C(=O)OC)Oc1cccc2[nH]cc(CCN(C)C)c12. The fourth-order valence-corrected chi connectivity index (χ4v) is 4.87. The number of carbonyl (C=O) groups is 2. The number of esters is 2. The van der Waals surface area contributed by atoms with Gasteiger partial charge in [-0.25, -0.2) is 14.7 Å². The molecular formula is C20H31N4O6P. The van der Waals surface area contributed by atoms with E-state index in [0.717, 1.165) is 29.4 Å². The number of carbonyl (C=O) groups excluding carboxylic acids is 2. The molecule has 0 bridgehead atoms. The van der Waals surface area contributed by atoms with Gasteiger partial charge in [0, 0.05) is 23.6 Å². The monoisotopic (exact) mass is 454 g/mol. The molecule has 10 nitrogen and oxygen atoms in total. The second-order valence-electron chi connectivity index (χ2n) is 7.44. The summed E-state index contributed by atoms with van der Waals surface area (Å²) in [7, 11) is 2.48. The summed E-state index contributed by atoms with van der Waals surface area (Å²) >= 11 is 0. The van der Waals surface area contributed by atoms with Gasteiger partial charge in [-0.2, -0.15) is 0 Å². The van der Waals surface area contributed by atoms with E-state index in [1.165, 1.54) is 28.1 Å². The van der Waals surface area contributed by atoms with Crippen molar-refractivity contribution in [3.63, 3.8) is 0 Å². The van der Waals surface area contributed by atoms with E-state index in [1.807, 2.05) is 26.4 Å². The molecule has 11 heteroatoms. The van der Waals surface area contributed by atoms with Crippen molar-refractivity contribution in [2.24, 2.45) is 0 Å². The van der Waals surface area contributed by atoms with Gasteiger partial charge in [0.25, 0.3) is 0 Å². The first-order valence-electron chi connectivity index (χ1n) is 9.84. The number of methoxy groups -OCH3 is 2. The molecule has 1 unspecified atom stereocenters. The van der Waals surface area contributed by atoms with Gasteiger partial charge >= 0.3 is 19.6 Å². The maximum Gasteiger partial charge on any atom is 0.391 e. The van der Waals surface area contributed by atoms with E-state index < -0.39 is 31.7 Å². The topological polar surface area (TPSA) is 122 Å². The molecule has 172 valence electrons. The molecule has 1 heterocycles. The molecule has 3 N–H and O–H groups in total. The largest absolute Gasteiger partial charge is 0.468 e. The van der Waals surface area contributed by atoms with Crippen molar-refractivity contribution < 1.29 is 28.2 Å². The van der Waals surface area contributed by atoms with E-state index in [1.54, 1.807) is 12.1 Å². The first-order chi connectivity index (χ1) is 14.6. The lowest BCUT2D eigenvalue weighted by Crippen LogP contribution is -2.42. The first-order valence-corrected chi connectivity index (χ1v) is 11.5. The van der Waals surface area contributed by atoms with Crippen LogP contribution in [-0.4, -0.2) is 68.8 Å². The highest BCUT2D eigenvalue weighted by Crippen LogP contribution is 2.43. The normalized spacial score (nSPS) is 15.3. The lowest BCUT2D eigenvalue weighted by atomic mass is 10.1. The quantitative estimate of drug-likeness (QED) is 0.346. The molecule has 0 fully saturated rings. The number of H-pyrrole nitrogens is 1. The van der Waals surface area contributed by atoms with Gasteiger partial charge in [-0.3, -0.25) is 9.59 Å². The van der Waals surface area contributed by atoms with Crippen molar-refractivity contribution in [1.29, 1.82) is 0 Å². The number of likely N-dealkylation sites (N-methyl/N-ethyl adjacent to an activating group) is 1. The Morgan fingerprint density at radius 2 is 1.68 bits per heavy atom. The molecule has 0 aliphatic carbocycles. The standard InChI is InChI=1S/C20H31N4O6P/c1-13(19(25)28-5)22-31(27,23-14(2)20(26)29-6)30-17-9-7-8-16-18(17)15(12-21-16)10-11-24(3)4/h7-9,12-14,21H,10-11H2,1-6H3,(H2,22,23,27)/t13-,14+,31?. The Labute approximate surface area is 182 Å². The van der Waals surface area contributed by atoms with Crippen molar-refractivity contribution in [1.82, 2.24) is 20.1 Å². The van der Waals surface area contributed by atoms with Crippen molar-refractivity contribution in [3.05, 3.63) is 30.0 Å². The predicted octanol–water partition coefficient (Wildman–Crippen LogP) is 2.06. The second kappa shape index (κ2) is 10.8. The highest BCUT2D eigenvalue weighted by Gasteiger charge is 2.34. The third-order valence-corrected chi connectivity index (χ3v) is 6.55. The Morgan fingerprint density at radius 1 is 1.10 bits per heavy atom. The minimum Gasteiger partial charge on any atom is -0.468 e. The number of aromatic nitrogens is 1. The maximum atomic E-state index is 13.7. The summed E-state index contributed by atoms with van der Waals surface area (Å²) in [5.74, 6) is -0.893. The van der Waals surface area contributed by atoms with E-state index in [0.29, 0.717) is 5.75 Å². The van der Waals surface area contributed by atoms with Crippen molar-refractivity contribution in [2.45, 2.75) is 32.4 Å². The Kier molecular flexibility index (Phi) is 8.64. The highest BCUT2D eigenvalue weighted by molar-refractivity contribution is 7.55. The van der Waals surface area contributed by atoms with Crippen molar-refractivity contribution >= 4 is 30.5 Å². The molecule has 2 rings (SSSR count). The number of nitrogens with zero attached hydrogens (tertiary/aromatic N) is 1. The van der Waals surface area contributed by atoms with Crippen LogP contribution in [0.15, 0.2) is 24.4 Å². The molecule has 3 atom stereocenters. The second-order valence-corrected chi connectivity index (χ2v) is 9.24. The van der Waals surface area contributed by atoms with Crippen LogP contribution in [0, 0.1) is 0 Å². The fourth-order valence-electron chi connectivity index (χ4n) is 3.03. The van der Waals surface area contributed by atoms with Crippen LogP contribution in [0.5, 0.6) is 5.75 Å². The van der Waals surface area contributed by atoms with Crippen LogP contribution in [0.4, 0.5) is 0 Å². The van der Waals surface area contributed by atoms with Gasteiger partial charge in [0.1, 0.15) is 17.8 Å². The Bertz CT molecular complexity index is 932. The zero-order valence-electron chi connectivity index (χ0n) is 18.7. The smallest absolute Gasteiger partial charge is 0.391 e. The van der Waals surface area contributed by atoms with Gasteiger partial charge in [0.05, 0.1) is 14.2 Å². The van der Waals surface area contributed by atoms with Gasteiger partial charge in [0.2, 0.25) is 0 Å². The number of rotatable bonds is 11. The van der Waals surface area contributed by atoms with Crippen LogP contribution in [0.1, 0.15) is 19.4 Å². The van der Waals surface area contributed by atoms with Gasteiger partial charge in [0.15, 0.2) is 0 Å². The molecule has 1 aromatic carbocycles. The van der Waals surface area contributed by atoms with Crippen molar-refractivity contribution in [3.8, 4) is 5.75 Å². The van der Waals surface area contributed by atoms with Crippen LogP contribution < -0.4 is 14.7 Å². The molecular weight excluding hydrogens is 423 g/mol. The molecule has 0 amide bonds. The van der Waals surface area contributed by atoms with E-state index in [4.69, 9.17) is 14.0 Å². The molecule has 31 heavy (non-hydrogen) atoms. The molecule has 0 spiro atoms. The predicted molar refractivity (Wildman–Crippen MR) is 118 cm³/mol. The van der Waals surface area contributed by atoms with Crippen LogP contribution in [-0.2, 0) is 30.0 Å². The summed E-state index contributed by atoms with van der Waals surface area (Å²) < 4.78 is 29.1. The van der Waals surface area contributed by atoms with Crippen LogP contribution in [0.2, 0.25) is 0 Å². The first kappa shape index (κ1) is 24.9. The van der Waals surface area contributed by atoms with Crippen molar-refractivity contribution in [2.75, 3.05) is 34.9 Å². The number of aromatic amines is 1. The van der Waals surface area contributed by atoms with Crippen LogP contribution in [0.3, 0.4) is 0 Å². The number of ether oxygens (including phenoxy) is 2. The number of benzene rings is 1. The Morgan fingerprint density at radius 3 is 2.19 bits per heavy atom. The molecule has 2 aromatic rings. The number of fused-ring (bicyclic) bond motifs is 1. The minimum absolute atomic E-state index is 0.352. The zero-order valence-corrected chi connectivity index (χ0v) is 19.6. The van der Waals surface area contributed by atoms with Gasteiger partial charge in [-0.05, 0) is 52.1 Å². The zero-order chi connectivity index (χ0) is 23.2. The van der Waals surface area contributed by atoms with E-state index in [9.17, 15) is 14.2 Å². The molecule has 0 radical (unpaired) electrons.